The number of pyridine rings is 1. The van der Waals surface area contributed by atoms with E-state index < -0.39 is 17.9 Å². The highest BCUT2D eigenvalue weighted by Gasteiger charge is 2.23. The van der Waals surface area contributed by atoms with Crippen LogP contribution in [-0.2, 0) is 22.4 Å². The number of nitrogens with zero attached hydrogens (tertiary/aromatic N) is 1. The van der Waals surface area contributed by atoms with Gasteiger partial charge in [-0.3, -0.25) is 9.59 Å². The Morgan fingerprint density at radius 3 is 2.78 bits per heavy atom. The molecule has 10 heteroatoms. The van der Waals surface area contributed by atoms with Crippen molar-refractivity contribution in [1.82, 2.24) is 20.6 Å². The molecule has 0 aliphatic carbocycles. The zero-order valence-electron chi connectivity index (χ0n) is 20.1. The van der Waals surface area contributed by atoms with Gasteiger partial charge in [0, 0.05) is 36.1 Å². The lowest BCUT2D eigenvalue weighted by Crippen LogP contribution is -2.43. The number of fused-ring (bicyclic) bond motifs is 2. The number of H-pyrrole nitrogens is 1. The Hall–Kier alpha value is -4.08. The number of unbranched alkanes of at least 4 members (excludes halogenated alkanes) is 1. The molecule has 0 spiro atoms. The van der Waals surface area contributed by atoms with E-state index in [9.17, 15) is 19.5 Å². The van der Waals surface area contributed by atoms with Crippen LogP contribution in [0.1, 0.15) is 53.8 Å². The number of benzene rings is 1. The van der Waals surface area contributed by atoms with Crippen molar-refractivity contribution >= 4 is 40.2 Å². The smallest absolute Gasteiger partial charge is 0.326 e. The molecule has 3 heterocycles. The molecular formula is C26H32N6O4. The van der Waals surface area contributed by atoms with Crippen molar-refractivity contribution in [3.05, 3.63) is 53.3 Å². The number of nitrogens with one attached hydrogen (secondary N) is 4. The van der Waals surface area contributed by atoms with E-state index in [4.69, 9.17) is 5.73 Å². The second-order valence-corrected chi connectivity index (χ2v) is 9.01. The van der Waals surface area contributed by atoms with E-state index in [1.165, 1.54) is 5.56 Å². The Balaban J connectivity index is 1.18. The highest BCUT2D eigenvalue weighted by molar-refractivity contribution is 6.08. The van der Waals surface area contributed by atoms with Crippen LogP contribution in [0, 0.1) is 0 Å². The number of aromatic nitrogens is 2. The number of carboxylic acids is 1. The number of carbonyl (C=O) groups is 3. The average molecular weight is 493 g/mol. The fraction of sp³-hybridized carbons (Fsp3) is 0.385. The van der Waals surface area contributed by atoms with E-state index in [1.54, 1.807) is 18.2 Å². The third kappa shape index (κ3) is 6.12. The molecule has 36 heavy (non-hydrogen) atoms. The highest BCUT2D eigenvalue weighted by atomic mass is 16.4. The Kier molecular flexibility index (Phi) is 8.04. The van der Waals surface area contributed by atoms with Gasteiger partial charge < -0.3 is 31.8 Å². The van der Waals surface area contributed by atoms with Gasteiger partial charge in [-0.15, -0.1) is 0 Å². The van der Waals surface area contributed by atoms with Crippen LogP contribution in [-0.4, -0.2) is 52.0 Å². The molecule has 4 rings (SSSR count). The fourth-order valence-electron chi connectivity index (χ4n) is 4.37. The minimum atomic E-state index is -1.18. The van der Waals surface area contributed by atoms with E-state index in [0.29, 0.717) is 23.7 Å². The minimum Gasteiger partial charge on any atom is -0.480 e. The zero-order chi connectivity index (χ0) is 25.5. The normalized spacial score (nSPS) is 13.4. The van der Waals surface area contributed by atoms with Crippen LogP contribution in [0.2, 0.25) is 0 Å². The van der Waals surface area contributed by atoms with E-state index in [1.807, 2.05) is 6.07 Å². The van der Waals surface area contributed by atoms with Gasteiger partial charge in [0.1, 0.15) is 17.6 Å². The number of nitrogen functional groups attached to an aromatic ring is 1. The number of para-hydroxylation sites is 1. The van der Waals surface area contributed by atoms with Crippen LogP contribution in [0.25, 0.3) is 10.9 Å². The number of hydrogen-bond acceptors (Lipinski definition) is 6. The topological polar surface area (TPSA) is 162 Å². The maximum Gasteiger partial charge on any atom is 0.326 e. The zero-order valence-corrected chi connectivity index (χ0v) is 20.1. The van der Waals surface area contributed by atoms with Crippen LogP contribution in [0.3, 0.4) is 0 Å². The van der Waals surface area contributed by atoms with Crippen molar-refractivity contribution in [3.8, 4) is 0 Å². The lowest BCUT2D eigenvalue weighted by Gasteiger charge is -2.17. The Morgan fingerprint density at radius 2 is 1.97 bits per heavy atom. The number of nitrogens with two attached hydrogens (primary N) is 1. The van der Waals surface area contributed by atoms with E-state index in [0.717, 1.165) is 43.7 Å². The Labute approximate surface area is 209 Å². The molecule has 0 bridgehead atoms. The fourth-order valence-corrected chi connectivity index (χ4v) is 4.37. The van der Waals surface area contributed by atoms with Crippen LogP contribution in [0.5, 0.6) is 0 Å². The van der Waals surface area contributed by atoms with E-state index >= 15 is 0 Å². The maximum absolute atomic E-state index is 12.6. The van der Waals surface area contributed by atoms with Crippen LogP contribution >= 0.6 is 0 Å². The van der Waals surface area contributed by atoms with Crippen molar-refractivity contribution in [2.45, 2.75) is 51.0 Å². The minimum absolute atomic E-state index is 0.0546. The van der Waals surface area contributed by atoms with Gasteiger partial charge in [-0.05, 0) is 56.2 Å². The van der Waals surface area contributed by atoms with Crippen molar-refractivity contribution in [2.75, 3.05) is 24.1 Å². The molecule has 0 radical (unpaired) electrons. The maximum atomic E-state index is 12.6. The molecule has 1 aliphatic heterocycles. The van der Waals surface area contributed by atoms with E-state index in [2.05, 4.69) is 38.1 Å². The third-order valence-corrected chi connectivity index (χ3v) is 6.37. The first kappa shape index (κ1) is 25.0. The van der Waals surface area contributed by atoms with E-state index in [-0.39, 0.29) is 30.3 Å². The number of hydrogen-bond donors (Lipinski definition) is 6. The number of amides is 2. The summed E-state index contributed by atoms with van der Waals surface area (Å²) in [6, 6.07) is 10.2. The first-order valence-electron chi connectivity index (χ1n) is 12.3. The second-order valence-electron chi connectivity index (χ2n) is 9.01. The highest BCUT2D eigenvalue weighted by Crippen LogP contribution is 2.24. The molecule has 2 amide bonds. The molecule has 0 saturated carbocycles. The number of rotatable bonds is 11. The van der Waals surface area contributed by atoms with Crippen LogP contribution < -0.4 is 21.7 Å². The van der Waals surface area contributed by atoms with Gasteiger partial charge in [0.15, 0.2) is 0 Å². The second kappa shape index (κ2) is 11.6. The van der Waals surface area contributed by atoms with Gasteiger partial charge in [0.2, 0.25) is 5.91 Å². The van der Waals surface area contributed by atoms with Gasteiger partial charge in [-0.2, -0.15) is 0 Å². The SMILES string of the molecule is Nc1c(C(=O)NC(CCNC(=O)CCCCc2ccc3c(n2)NCCC3)C(=O)O)[nH]c2ccccc12. The predicted octanol–water partition coefficient (Wildman–Crippen LogP) is 2.61. The number of anilines is 2. The monoisotopic (exact) mass is 492 g/mol. The lowest BCUT2D eigenvalue weighted by molar-refractivity contribution is -0.139. The summed E-state index contributed by atoms with van der Waals surface area (Å²) in [6.45, 7) is 1.09. The Bertz CT molecular complexity index is 1250. The summed E-state index contributed by atoms with van der Waals surface area (Å²) in [5.41, 5.74) is 9.40. The van der Waals surface area contributed by atoms with Crippen molar-refractivity contribution in [2.24, 2.45) is 0 Å². The molecule has 1 atom stereocenters. The standard InChI is InChI=1S/C26H32N6O4/c27-22-18-8-2-3-9-19(18)31-23(22)25(34)32-20(26(35)36)13-15-28-21(33)10-4-1-7-17-12-11-16-6-5-14-29-24(16)30-17/h2-3,8-9,11-12,20,31H,1,4-7,10,13-15,27H2,(H,28,33)(H,29,30)(H,32,34)(H,35,36). The quantitative estimate of drug-likeness (QED) is 0.224. The summed E-state index contributed by atoms with van der Waals surface area (Å²) in [7, 11) is 0. The van der Waals surface area contributed by atoms with Gasteiger partial charge in [-0.1, -0.05) is 24.3 Å². The molecule has 1 aromatic carbocycles. The molecule has 0 saturated heterocycles. The van der Waals surface area contributed by atoms with Crippen LogP contribution in [0.4, 0.5) is 11.5 Å². The lowest BCUT2D eigenvalue weighted by atomic mass is 10.1. The average Bonchev–Trinajstić information content (AvgIpc) is 3.22. The molecular weight excluding hydrogens is 460 g/mol. The number of carbonyl (C=O) groups excluding carboxylic acids is 2. The molecule has 10 nitrogen and oxygen atoms in total. The third-order valence-electron chi connectivity index (χ3n) is 6.37. The summed E-state index contributed by atoms with van der Waals surface area (Å²) >= 11 is 0. The Morgan fingerprint density at radius 1 is 1.14 bits per heavy atom. The summed E-state index contributed by atoms with van der Waals surface area (Å²) in [5, 5.41) is 18.8. The number of aryl methyl sites for hydroxylation is 2. The molecule has 190 valence electrons. The summed E-state index contributed by atoms with van der Waals surface area (Å²) in [5.74, 6) is -0.957. The predicted molar refractivity (Wildman–Crippen MR) is 138 cm³/mol. The summed E-state index contributed by atoms with van der Waals surface area (Å²) in [6.07, 6.45) is 4.92. The van der Waals surface area contributed by atoms with Gasteiger partial charge in [-0.25, -0.2) is 9.78 Å². The first-order chi connectivity index (χ1) is 17.4. The summed E-state index contributed by atoms with van der Waals surface area (Å²) < 4.78 is 0. The summed E-state index contributed by atoms with van der Waals surface area (Å²) in [4.78, 5) is 44.1. The molecule has 0 fully saturated rings. The molecule has 7 N–H and O–H groups in total. The largest absolute Gasteiger partial charge is 0.480 e. The van der Waals surface area contributed by atoms with Crippen molar-refractivity contribution < 1.29 is 19.5 Å². The number of carboxylic acid groups (broad SMARTS) is 1. The van der Waals surface area contributed by atoms with Gasteiger partial charge in [0.25, 0.3) is 5.91 Å². The van der Waals surface area contributed by atoms with Crippen molar-refractivity contribution in [3.63, 3.8) is 0 Å². The van der Waals surface area contributed by atoms with Crippen LogP contribution in [0.15, 0.2) is 36.4 Å². The number of aliphatic carboxylic acids is 1. The first-order valence-corrected chi connectivity index (χ1v) is 12.3. The molecule has 1 aliphatic rings. The van der Waals surface area contributed by atoms with Crippen molar-refractivity contribution in [1.29, 1.82) is 0 Å². The molecule has 3 aromatic rings. The molecule has 1 unspecified atom stereocenters. The number of aromatic amines is 1. The molecule has 2 aromatic heterocycles. The van der Waals surface area contributed by atoms with Gasteiger partial charge >= 0.3 is 5.97 Å². The van der Waals surface area contributed by atoms with Gasteiger partial charge in [0.05, 0.1) is 5.69 Å².